The third-order valence-corrected chi connectivity index (χ3v) is 4.29. The Hall–Kier alpha value is -2.41. The second-order valence-electron chi connectivity index (χ2n) is 5.56. The van der Waals surface area contributed by atoms with Crippen molar-refractivity contribution in [2.45, 2.75) is 31.6 Å². The van der Waals surface area contributed by atoms with Crippen LogP contribution >= 0.6 is 0 Å². The minimum atomic E-state index is 0.366. The Morgan fingerprint density at radius 1 is 1.38 bits per heavy atom. The van der Waals surface area contributed by atoms with Gasteiger partial charge in [0.05, 0.1) is 12.7 Å². The molecule has 1 aromatic carbocycles. The van der Waals surface area contributed by atoms with Crippen LogP contribution in [0.3, 0.4) is 0 Å². The number of fused-ring (bicyclic) bond motifs is 1. The highest BCUT2D eigenvalue weighted by Crippen LogP contribution is 2.38. The molecule has 0 saturated heterocycles. The molecule has 1 aliphatic rings. The summed E-state index contributed by atoms with van der Waals surface area (Å²) in [5.74, 6) is 1.75. The van der Waals surface area contributed by atoms with E-state index in [2.05, 4.69) is 23.2 Å². The molecule has 2 aromatic rings. The van der Waals surface area contributed by atoms with Crippen molar-refractivity contribution >= 4 is 5.82 Å². The molecule has 21 heavy (non-hydrogen) atoms. The average molecular weight is 281 g/mol. The van der Waals surface area contributed by atoms with Crippen molar-refractivity contribution in [1.29, 1.82) is 5.26 Å². The van der Waals surface area contributed by atoms with Crippen LogP contribution in [-0.4, -0.2) is 12.1 Å². The number of aromatic amines is 1. The largest absolute Gasteiger partial charge is 0.497 e. The fourth-order valence-corrected chi connectivity index (χ4v) is 3.28. The van der Waals surface area contributed by atoms with Crippen molar-refractivity contribution in [3.05, 3.63) is 46.6 Å². The van der Waals surface area contributed by atoms with E-state index < -0.39 is 0 Å². The van der Waals surface area contributed by atoms with Gasteiger partial charge in [0, 0.05) is 5.69 Å². The number of rotatable bonds is 3. The highest BCUT2D eigenvalue weighted by molar-refractivity contribution is 5.59. The second kappa shape index (κ2) is 5.53. The fourth-order valence-electron chi connectivity index (χ4n) is 3.28. The number of hydrogen-bond acceptors (Lipinski definition) is 3. The topological polar surface area (TPSA) is 74.8 Å². The van der Waals surface area contributed by atoms with E-state index >= 15 is 0 Å². The molecule has 3 rings (SSSR count). The summed E-state index contributed by atoms with van der Waals surface area (Å²) in [7, 11) is 1.67. The van der Waals surface area contributed by atoms with Crippen molar-refractivity contribution in [1.82, 2.24) is 4.98 Å². The maximum absolute atomic E-state index is 9.35. The van der Waals surface area contributed by atoms with Gasteiger partial charge in [0.1, 0.15) is 17.6 Å². The van der Waals surface area contributed by atoms with Gasteiger partial charge in [-0.15, -0.1) is 0 Å². The summed E-state index contributed by atoms with van der Waals surface area (Å²) in [6, 6.07) is 10.4. The van der Waals surface area contributed by atoms with E-state index in [4.69, 9.17) is 10.5 Å². The van der Waals surface area contributed by atoms with E-state index in [9.17, 15) is 5.26 Å². The molecule has 0 amide bonds. The number of benzene rings is 1. The Balaban J connectivity index is 1.89. The van der Waals surface area contributed by atoms with Gasteiger partial charge in [0.25, 0.3) is 0 Å². The van der Waals surface area contributed by atoms with Gasteiger partial charge < -0.3 is 15.5 Å². The predicted molar refractivity (Wildman–Crippen MR) is 82.3 cm³/mol. The molecule has 1 atom stereocenters. The quantitative estimate of drug-likeness (QED) is 0.907. The van der Waals surface area contributed by atoms with Crippen molar-refractivity contribution in [3.63, 3.8) is 0 Å². The number of ether oxygens (including phenoxy) is 1. The Labute approximate surface area is 124 Å². The van der Waals surface area contributed by atoms with Crippen LogP contribution in [0.1, 0.15) is 41.1 Å². The minimum Gasteiger partial charge on any atom is -0.497 e. The van der Waals surface area contributed by atoms with E-state index in [-0.39, 0.29) is 0 Å². The van der Waals surface area contributed by atoms with Gasteiger partial charge in [-0.05, 0) is 54.9 Å². The van der Waals surface area contributed by atoms with Crippen molar-refractivity contribution in [2.75, 3.05) is 12.8 Å². The van der Waals surface area contributed by atoms with Gasteiger partial charge in [0.2, 0.25) is 0 Å². The molecule has 0 fully saturated rings. The van der Waals surface area contributed by atoms with Gasteiger partial charge >= 0.3 is 0 Å². The molecule has 1 unspecified atom stereocenters. The first-order chi connectivity index (χ1) is 10.2. The number of aryl methyl sites for hydroxylation is 1. The van der Waals surface area contributed by atoms with Crippen LogP contribution in [0.15, 0.2) is 24.3 Å². The van der Waals surface area contributed by atoms with E-state index in [0.717, 1.165) is 42.7 Å². The third kappa shape index (κ3) is 2.47. The first-order valence-corrected chi connectivity index (χ1v) is 7.26. The monoisotopic (exact) mass is 281 g/mol. The maximum Gasteiger partial charge on any atom is 0.119 e. The molecule has 1 aromatic heterocycles. The molecular weight excluding hydrogens is 262 g/mol. The number of H-pyrrole nitrogens is 1. The average Bonchev–Trinajstić information content (AvgIpc) is 2.84. The Morgan fingerprint density at radius 2 is 2.14 bits per heavy atom. The van der Waals surface area contributed by atoms with Crippen molar-refractivity contribution in [2.24, 2.45) is 0 Å². The first kappa shape index (κ1) is 13.6. The highest BCUT2D eigenvalue weighted by Gasteiger charge is 2.27. The maximum atomic E-state index is 9.35. The number of nitrogens with one attached hydrogen (secondary N) is 1. The van der Waals surface area contributed by atoms with E-state index in [1.54, 1.807) is 7.11 Å². The number of aromatic nitrogens is 1. The molecule has 1 heterocycles. The number of nitrogen functional groups attached to an aromatic ring is 1. The lowest BCUT2D eigenvalue weighted by Crippen LogP contribution is -2.12. The van der Waals surface area contributed by atoms with Crippen LogP contribution in [-0.2, 0) is 12.8 Å². The number of nitrogens with zero attached hydrogens (tertiary/aromatic N) is 1. The van der Waals surface area contributed by atoms with E-state index in [1.165, 1.54) is 5.56 Å². The third-order valence-electron chi connectivity index (χ3n) is 4.29. The zero-order valence-corrected chi connectivity index (χ0v) is 12.1. The Kier molecular flexibility index (Phi) is 3.57. The molecule has 0 radical (unpaired) electrons. The van der Waals surface area contributed by atoms with Gasteiger partial charge in [-0.2, -0.15) is 5.26 Å². The lowest BCUT2D eigenvalue weighted by Gasteiger charge is -2.23. The van der Waals surface area contributed by atoms with Gasteiger partial charge in [0.15, 0.2) is 0 Å². The van der Waals surface area contributed by atoms with Gasteiger partial charge in [-0.3, -0.25) is 0 Å². The van der Waals surface area contributed by atoms with E-state index in [1.807, 2.05) is 12.1 Å². The summed E-state index contributed by atoms with van der Waals surface area (Å²) >= 11 is 0. The minimum absolute atomic E-state index is 0.366. The van der Waals surface area contributed by atoms with Crippen molar-refractivity contribution < 1.29 is 4.74 Å². The summed E-state index contributed by atoms with van der Waals surface area (Å²) in [5, 5.41) is 9.35. The molecule has 3 N–H and O–H groups in total. The number of hydrogen-bond donors (Lipinski definition) is 2. The summed E-state index contributed by atoms with van der Waals surface area (Å²) in [6.07, 6.45) is 4.16. The van der Waals surface area contributed by atoms with Crippen LogP contribution < -0.4 is 10.5 Å². The first-order valence-electron chi connectivity index (χ1n) is 7.26. The van der Waals surface area contributed by atoms with Crippen LogP contribution in [0.2, 0.25) is 0 Å². The predicted octanol–water partition coefficient (Wildman–Crippen LogP) is 3.14. The van der Waals surface area contributed by atoms with Crippen molar-refractivity contribution in [3.8, 4) is 11.8 Å². The molecular formula is C17H19N3O. The van der Waals surface area contributed by atoms with Crippen LogP contribution in [0, 0.1) is 11.3 Å². The summed E-state index contributed by atoms with van der Waals surface area (Å²) < 4.78 is 5.19. The number of nitriles is 1. The summed E-state index contributed by atoms with van der Waals surface area (Å²) in [6.45, 7) is 0. The molecule has 4 heteroatoms. The zero-order chi connectivity index (χ0) is 14.8. The second-order valence-corrected chi connectivity index (χ2v) is 5.56. The summed E-state index contributed by atoms with van der Waals surface area (Å²) in [5.41, 5.74) is 10.1. The van der Waals surface area contributed by atoms with Crippen LogP contribution in [0.4, 0.5) is 5.82 Å². The Morgan fingerprint density at radius 3 is 2.81 bits per heavy atom. The molecule has 4 nitrogen and oxygen atoms in total. The standard InChI is InChI=1S/C17H19N3O/c1-21-13-7-5-11(6-8-13)9-12-3-2-4-15-16(12)14(10-18)17(19)20-15/h5-8,12,20H,2-4,9,19H2,1H3. The zero-order valence-electron chi connectivity index (χ0n) is 12.1. The van der Waals surface area contributed by atoms with Gasteiger partial charge in [-0.25, -0.2) is 0 Å². The van der Waals surface area contributed by atoms with E-state index in [0.29, 0.717) is 17.3 Å². The van der Waals surface area contributed by atoms with Crippen LogP contribution in [0.5, 0.6) is 5.75 Å². The molecule has 108 valence electrons. The lowest BCUT2D eigenvalue weighted by atomic mass is 9.81. The number of nitrogens with two attached hydrogens (primary N) is 1. The lowest BCUT2D eigenvalue weighted by molar-refractivity contribution is 0.414. The number of anilines is 1. The molecule has 0 aliphatic heterocycles. The molecule has 0 saturated carbocycles. The highest BCUT2D eigenvalue weighted by atomic mass is 16.5. The van der Waals surface area contributed by atoms with Crippen LogP contribution in [0.25, 0.3) is 0 Å². The molecule has 1 aliphatic carbocycles. The molecule has 0 spiro atoms. The normalized spacial score (nSPS) is 17.0. The fraction of sp³-hybridized carbons (Fsp3) is 0.353. The van der Waals surface area contributed by atoms with Gasteiger partial charge in [-0.1, -0.05) is 12.1 Å². The Bertz CT molecular complexity index is 679. The number of methoxy groups -OCH3 is 1. The smallest absolute Gasteiger partial charge is 0.119 e. The SMILES string of the molecule is COc1ccc(CC2CCCc3[nH]c(N)c(C#N)c32)cc1. The summed E-state index contributed by atoms with van der Waals surface area (Å²) in [4.78, 5) is 3.19. The molecule has 0 bridgehead atoms.